The van der Waals surface area contributed by atoms with Crippen molar-refractivity contribution in [2.45, 2.75) is 0 Å². The van der Waals surface area contributed by atoms with E-state index in [1.807, 2.05) is 19.0 Å². The van der Waals surface area contributed by atoms with Crippen molar-refractivity contribution in [2.75, 3.05) is 32.1 Å². The molecule has 0 aliphatic rings. The number of likely N-dealkylation sites (N-methyl/N-ethyl adjacent to an activating group) is 1. The summed E-state index contributed by atoms with van der Waals surface area (Å²) in [6.45, 7) is 1.16. The van der Waals surface area contributed by atoms with E-state index in [-0.39, 0.29) is 11.7 Å². The van der Waals surface area contributed by atoms with Crippen LogP contribution in [0.4, 0.5) is 9.52 Å². The van der Waals surface area contributed by atoms with Crippen LogP contribution in [0.1, 0.15) is 10.5 Å². The molecule has 0 atom stereocenters. The summed E-state index contributed by atoms with van der Waals surface area (Å²) in [7, 11) is 5.65. The summed E-state index contributed by atoms with van der Waals surface area (Å²) in [6.07, 6.45) is 1.73. The molecule has 0 radical (unpaired) electrons. The van der Waals surface area contributed by atoms with Gasteiger partial charge in [-0.3, -0.25) is 14.4 Å². The molecule has 6 nitrogen and oxygen atoms in total. The largest absolute Gasteiger partial charge is 0.308 e. The van der Waals surface area contributed by atoms with Crippen molar-refractivity contribution in [3.05, 3.63) is 42.0 Å². The predicted octanol–water partition coefficient (Wildman–Crippen LogP) is 2.38. The maximum Gasteiger partial charge on any atom is 0.280 e. The Hall–Kier alpha value is -2.32. The van der Waals surface area contributed by atoms with E-state index < -0.39 is 0 Å². The molecule has 0 spiro atoms. The third kappa shape index (κ3) is 3.44. The summed E-state index contributed by atoms with van der Waals surface area (Å²) in [5.74, 6) is -0.523. The number of rotatable bonds is 5. The van der Waals surface area contributed by atoms with E-state index in [1.165, 1.54) is 23.5 Å². The Morgan fingerprint density at radius 2 is 2.08 bits per heavy atom. The highest BCUT2D eigenvalue weighted by atomic mass is 32.1. The number of carbonyl (C=O) groups excluding carboxylic acids is 1. The maximum absolute atomic E-state index is 13.4. The quantitative estimate of drug-likeness (QED) is 0.711. The number of carbonyl (C=O) groups is 1. The number of thiazole rings is 1. The topological polar surface area (TPSA) is 54.3 Å². The molecule has 0 saturated heterocycles. The number of aryl methyl sites for hydroxylation is 1. The molecule has 0 unspecified atom stereocenters. The van der Waals surface area contributed by atoms with E-state index >= 15 is 0 Å². The van der Waals surface area contributed by atoms with E-state index in [2.05, 4.69) is 10.1 Å². The van der Waals surface area contributed by atoms with Crippen LogP contribution in [0.2, 0.25) is 0 Å². The summed E-state index contributed by atoms with van der Waals surface area (Å²) in [6, 6.07) is 6.11. The Morgan fingerprint density at radius 1 is 1.29 bits per heavy atom. The van der Waals surface area contributed by atoms with Gasteiger partial charge in [-0.05, 0) is 38.4 Å². The minimum absolute atomic E-state index is 0.211. The molecule has 8 heteroatoms. The van der Waals surface area contributed by atoms with Crippen LogP contribution in [-0.4, -0.2) is 52.8 Å². The van der Waals surface area contributed by atoms with Crippen molar-refractivity contribution < 1.29 is 9.18 Å². The van der Waals surface area contributed by atoms with Crippen molar-refractivity contribution in [1.29, 1.82) is 0 Å². The Bertz CT molecular complexity index is 872. The Kier molecular flexibility index (Phi) is 4.59. The van der Waals surface area contributed by atoms with E-state index in [0.29, 0.717) is 34.1 Å². The van der Waals surface area contributed by atoms with E-state index in [1.54, 1.807) is 35.0 Å². The third-order valence-corrected chi connectivity index (χ3v) is 4.56. The average Bonchev–Trinajstić information content (AvgIpc) is 3.12. The highest BCUT2D eigenvalue weighted by Crippen LogP contribution is 2.30. The number of benzene rings is 1. The second-order valence-corrected chi connectivity index (χ2v) is 6.75. The standard InChI is InChI=1S/C16H18FN5OS/c1-20(2)8-9-22(15(23)13-6-7-21(3)19-13)16-18-12-5-4-11(17)10-14(12)24-16/h4-7,10H,8-9H2,1-3H3. The minimum Gasteiger partial charge on any atom is -0.308 e. The van der Waals surface area contributed by atoms with Crippen molar-refractivity contribution in [1.82, 2.24) is 19.7 Å². The summed E-state index contributed by atoms with van der Waals surface area (Å²) < 4.78 is 15.7. The van der Waals surface area contributed by atoms with Gasteiger partial charge in [-0.15, -0.1) is 0 Å². The zero-order chi connectivity index (χ0) is 17.3. The number of halogens is 1. The number of fused-ring (bicyclic) bond motifs is 1. The van der Waals surface area contributed by atoms with E-state index in [9.17, 15) is 9.18 Å². The molecular weight excluding hydrogens is 329 g/mol. The summed E-state index contributed by atoms with van der Waals surface area (Å²) in [5, 5.41) is 4.73. The molecule has 0 bridgehead atoms. The molecule has 2 heterocycles. The molecule has 3 aromatic rings. The van der Waals surface area contributed by atoms with Crippen molar-refractivity contribution in [3.8, 4) is 0 Å². The van der Waals surface area contributed by atoms with Gasteiger partial charge in [0.15, 0.2) is 10.8 Å². The first kappa shape index (κ1) is 16.5. The van der Waals surface area contributed by atoms with Crippen molar-refractivity contribution >= 4 is 32.6 Å². The Balaban J connectivity index is 1.97. The zero-order valence-electron chi connectivity index (χ0n) is 13.7. The van der Waals surface area contributed by atoms with Crippen LogP contribution in [0.5, 0.6) is 0 Å². The second-order valence-electron chi connectivity index (χ2n) is 5.74. The molecule has 3 rings (SSSR count). The zero-order valence-corrected chi connectivity index (χ0v) is 14.5. The van der Waals surface area contributed by atoms with Gasteiger partial charge < -0.3 is 4.90 Å². The fraction of sp³-hybridized carbons (Fsp3) is 0.312. The highest BCUT2D eigenvalue weighted by Gasteiger charge is 2.23. The molecule has 2 aromatic heterocycles. The molecule has 0 N–H and O–H groups in total. The first-order valence-corrected chi connectivity index (χ1v) is 8.28. The van der Waals surface area contributed by atoms with Gasteiger partial charge >= 0.3 is 0 Å². The fourth-order valence-electron chi connectivity index (χ4n) is 2.25. The molecule has 1 amide bonds. The maximum atomic E-state index is 13.4. The van der Waals surface area contributed by atoms with Gasteiger partial charge in [-0.1, -0.05) is 11.3 Å². The van der Waals surface area contributed by atoms with E-state index in [0.717, 1.165) is 0 Å². The van der Waals surface area contributed by atoms with Crippen LogP contribution >= 0.6 is 11.3 Å². The van der Waals surface area contributed by atoms with Crippen molar-refractivity contribution in [3.63, 3.8) is 0 Å². The molecule has 0 fully saturated rings. The monoisotopic (exact) mass is 347 g/mol. The molecule has 0 saturated carbocycles. The molecule has 1 aromatic carbocycles. The Morgan fingerprint density at radius 3 is 2.75 bits per heavy atom. The summed E-state index contributed by atoms with van der Waals surface area (Å²) in [5.41, 5.74) is 1.04. The van der Waals surface area contributed by atoms with Crippen molar-refractivity contribution in [2.24, 2.45) is 7.05 Å². The van der Waals surface area contributed by atoms with Gasteiger partial charge in [-0.2, -0.15) is 5.10 Å². The number of nitrogens with zero attached hydrogens (tertiary/aromatic N) is 5. The molecule has 126 valence electrons. The second kappa shape index (κ2) is 6.66. The molecular formula is C16H18FN5OS. The lowest BCUT2D eigenvalue weighted by molar-refractivity contribution is 0.0979. The number of hydrogen-bond donors (Lipinski definition) is 0. The lowest BCUT2D eigenvalue weighted by atomic mass is 10.3. The van der Waals surface area contributed by atoms with Crippen LogP contribution < -0.4 is 4.90 Å². The fourth-order valence-corrected chi connectivity index (χ4v) is 3.27. The van der Waals surface area contributed by atoms with Gasteiger partial charge in [0.25, 0.3) is 5.91 Å². The van der Waals surface area contributed by atoms with Gasteiger partial charge in [0.2, 0.25) is 0 Å². The molecule has 0 aliphatic heterocycles. The predicted molar refractivity (Wildman–Crippen MR) is 93.0 cm³/mol. The van der Waals surface area contributed by atoms with Crippen LogP contribution in [-0.2, 0) is 7.05 Å². The van der Waals surface area contributed by atoms with Crippen LogP contribution in [0.25, 0.3) is 10.2 Å². The first-order chi connectivity index (χ1) is 11.4. The normalized spacial score (nSPS) is 11.4. The first-order valence-electron chi connectivity index (χ1n) is 7.46. The number of hydrogen-bond acceptors (Lipinski definition) is 5. The van der Waals surface area contributed by atoms with Gasteiger partial charge in [0.05, 0.1) is 10.2 Å². The number of anilines is 1. The lowest BCUT2D eigenvalue weighted by Crippen LogP contribution is -2.37. The molecule has 0 aliphatic carbocycles. The van der Waals surface area contributed by atoms with E-state index in [4.69, 9.17) is 0 Å². The van der Waals surface area contributed by atoms with Crippen LogP contribution in [0, 0.1) is 5.82 Å². The van der Waals surface area contributed by atoms with Gasteiger partial charge in [0, 0.05) is 26.3 Å². The lowest BCUT2D eigenvalue weighted by Gasteiger charge is -2.21. The minimum atomic E-state index is -0.311. The Labute approximate surface area is 143 Å². The smallest absolute Gasteiger partial charge is 0.280 e. The SMILES string of the molecule is CN(C)CCN(C(=O)c1ccn(C)n1)c1nc2ccc(F)cc2s1. The molecule has 24 heavy (non-hydrogen) atoms. The average molecular weight is 347 g/mol. The van der Waals surface area contributed by atoms with Crippen LogP contribution in [0.3, 0.4) is 0 Å². The summed E-state index contributed by atoms with van der Waals surface area (Å²) in [4.78, 5) is 20.9. The summed E-state index contributed by atoms with van der Waals surface area (Å²) >= 11 is 1.30. The van der Waals surface area contributed by atoms with Gasteiger partial charge in [0.1, 0.15) is 5.82 Å². The van der Waals surface area contributed by atoms with Crippen LogP contribution in [0.15, 0.2) is 30.5 Å². The highest BCUT2D eigenvalue weighted by molar-refractivity contribution is 7.22. The number of amides is 1. The third-order valence-electron chi connectivity index (χ3n) is 3.52. The number of aromatic nitrogens is 3. The van der Waals surface area contributed by atoms with Gasteiger partial charge in [-0.25, -0.2) is 9.37 Å².